The number of nitrogens with zero attached hydrogens (tertiary/aromatic N) is 1. The van der Waals surface area contributed by atoms with Crippen molar-refractivity contribution in [2.24, 2.45) is 5.73 Å². The maximum absolute atomic E-state index is 5.43. The van der Waals surface area contributed by atoms with Crippen LogP contribution in [-0.4, -0.2) is 11.2 Å². The number of hydrazine groups is 1. The van der Waals surface area contributed by atoms with Crippen molar-refractivity contribution in [3.8, 4) is 0 Å². The van der Waals surface area contributed by atoms with Crippen LogP contribution in [0.5, 0.6) is 0 Å². The lowest BCUT2D eigenvalue weighted by atomic mass is 10.6. The van der Waals surface area contributed by atoms with E-state index in [0.29, 0.717) is 0 Å². The molecule has 1 aliphatic rings. The van der Waals surface area contributed by atoms with Gasteiger partial charge in [-0.3, -0.25) is 5.01 Å². The third kappa shape index (κ3) is 2.09. The van der Waals surface area contributed by atoms with Gasteiger partial charge >= 0.3 is 0 Å². The molecule has 1 heterocycles. The molecule has 9 heavy (non-hydrogen) atoms. The first-order valence-electron chi connectivity index (χ1n) is 2.42. The normalized spacial score (nSPS) is 18.7. The van der Waals surface area contributed by atoms with Crippen LogP contribution in [0.1, 0.15) is 6.92 Å². The third-order valence-electron chi connectivity index (χ3n) is 0.886. The second-order valence-corrected chi connectivity index (χ2v) is 1.64. The summed E-state index contributed by atoms with van der Waals surface area (Å²) in [5, 5.41) is 1.65. The lowest BCUT2D eigenvalue weighted by Gasteiger charge is -2.16. The fourth-order valence-electron chi connectivity index (χ4n) is 0.437. The first-order valence-corrected chi connectivity index (χ1v) is 2.42. The molecule has 1 atom stereocenters. The first kappa shape index (κ1) is 8.55. The summed E-state index contributed by atoms with van der Waals surface area (Å²) in [5.74, 6) is 0. The Morgan fingerprint density at radius 3 is 2.67 bits per heavy atom. The maximum atomic E-state index is 5.43. The number of nitrogens with one attached hydrogen (secondary N) is 1. The van der Waals surface area contributed by atoms with Gasteiger partial charge in [-0.25, -0.2) is 0 Å². The van der Waals surface area contributed by atoms with Crippen molar-refractivity contribution in [1.29, 1.82) is 0 Å². The highest BCUT2D eigenvalue weighted by atomic mass is 35.5. The van der Waals surface area contributed by atoms with Gasteiger partial charge in [-0.1, -0.05) is 5.59 Å². The van der Waals surface area contributed by atoms with Crippen molar-refractivity contribution in [1.82, 2.24) is 10.6 Å². The smallest absolute Gasteiger partial charge is 0.131 e. The minimum Gasteiger partial charge on any atom is -0.395 e. The first-order chi connectivity index (χ1) is 3.80. The fourth-order valence-corrected chi connectivity index (χ4v) is 0.437. The quantitative estimate of drug-likeness (QED) is 0.551. The zero-order valence-electron chi connectivity index (χ0n) is 5.07. The Kier molecular flexibility index (Phi) is 3.37. The Morgan fingerprint density at radius 2 is 2.44 bits per heavy atom. The third-order valence-corrected chi connectivity index (χ3v) is 0.886. The average molecular weight is 152 g/mol. The van der Waals surface area contributed by atoms with Crippen LogP contribution in [0.15, 0.2) is 12.5 Å². The van der Waals surface area contributed by atoms with Crippen LogP contribution in [0.4, 0.5) is 0 Å². The van der Waals surface area contributed by atoms with Gasteiger partial charge < -0.3 is 10.6 Å². The van der Waals surface area contributed by atoms with Gasteiger partial charge in [-0.05, 0) is 6.92 Å². The van der Waals surface area contributed by atoms with E-state index in [1.807, 2.05) is 6.92 Å². The maximum Gasteiger partial charge on any atom is 0.131 e. The topological polar surface area (TPSA) is 50.5 Å². The Balaban J connectivity index is 0.000000640. The Morgan fingerprint density at radius 1 is 1.78 bits per heavy atom. The average Bonchev–Trinajstić information content (AvgIpc) is 2.12. The van der Waals surface area contributed by atoms with Gasteiger partial charge in [0.05, 0.1) is 12.4 Å². The number of halogens is 1. The summed E-state index contributed by atoms with van der Waals surface area (Å²) in [6, 6.07) is 0. The molecule has 0 aromatic rings. The Bertz CT molecular complexity index is 106. The zero-order valence-corrected chi connectivity index (χ0v) is 5.89. The second kappa shape index (κ2) is 3.55. The molecule has 0 saturated carbocycles. The molecule has 0 radical (unpaired) electrons. The van der Waals surface area contributed by atoms with Crippen LogP contribution in [0.25, 0.3) is 0 Å². The van der Waals surface area contributed by atoms with Crippen molar-refractivity contribution >= 4 is 12.4 Å². The molecule has 0 bridgehead atoms. The minimum absolute atomic E-state index is 0. The van der Waals surface area contributed by atoms with E-state index in [9.17, 15) is 0 Å². The van der Waals surface area contributed by atoms with E-state index in [2.05, 4.69) is 10.4 Å². The lowest BCUT2D eigenvalue weighted by molar-refractivity contribution is 0.0160. The number of hydrogen-bond acceptors (Lipinski definition) is 4. The van der Waals surface area contributed by atoms with Crippen LogP contribution in [0.3, 0.4) is 0 Å². The molecule has 1 unspecified atom stereocenters. The molecule has 0 saturated heterocycles. The van der Waals surface area contributed by atoms with Gasteiger partial charge in [0.2, 0.25) is 0 Å². The molecule has 0 amide bonds. The van der Waals surface area contributed by atoms with Crippen LogP contribution in [-0.2, 0) is 4.84 Å². The summed E-state index contributed by atoms with van der Waals surface area (Å²) < 4.78 is 0. The van der Waals surface area contributed by atoms with E-state index in [1.54, 1.807) is 11.2 Å². The largest absolute Gasteiger partial charge is 0.395 e. The SMILES string of the molecule is CC(N)N1C=CON1.Cl. The molecule has 4 nitrogen and oxygen atoms in total. The highest BCUT2D eigenvalue weighted by molar-refractivity contribution is 5.85. The van der Waals surface area contributed by atoms with Crippen molar-refractivity contribution < 1.29 is 4.84 Å². The Hall–Kier alpha value is -0.450. The van der Waals surface area contributed by atoms with Gasteiger partial charge in [0.15, 0.2) is 0 Å². The standard InChI is InChI=1S/C4H9N3O.ClH/c1-4(5)7-2-3-8-6-7;/h2-4,6H,5H2,1H3;1H. The molecule has 0 aromatic carbocycles. The molecule has 0 spiro atoms. The summed E-state index contributed by atoms with van der Waals surface area (Å²) in [6.07, 6.45) is 3.21. The van der Waals surface area contributed by atoms with E-state index < -0.39 is 0 Å². The zero-order chi connectivity index (χ0) is 5.98. The number of nitrogens with two attached hydrogens (primary N) is 1. The van der Waals surface area contributed by atoms with Crippen molar-refractivity contribution in [2.45, 2.75) is 13.1 Å². The van der Waals surface area contributed by atoms with Crippen LogP contribution >= 0.6 is 12.4 Å². The molecular weight excluding hydrogens is 142 g/mol. The van der Waals surface area contributed by atoms with E-state index >= 15 is 0 Å². The molecule has 0 aromatic heterocycles. The molecule has 3 N–H and O–H groups in total. The summed E-state index contributed by atoms with van der Waals surface area (Å²) >= 11 is 0. The van der Waals surface area contributed by atoms with Crippen LogP contribution < -0.4 is 11.3 Å². The predicted molar refractivity (Wildman–Crippen MR) is 36.1 cm³/mol. The molecule has 1 aliphatic heterocycles. The van der Waals surface area contributed by atoms with Crippen LogP contribution in [0, 0.1) is 0 Å². The monoisotopic (exact) mass is 151 g/mol. The summed E-state index contributed by atoms with van der Waals surface area (Å²) in [6.45, 7) is 1.85. The highest BCUT2D eigenvalue weighted by Crippen LogP contribution is 1.95. The molecule has 5 heteroatoms. The summed E-state index contributed by atoms with van der Waals surface area (Å²) in [7, 11) is 0. The minimum atomic E-state index is -0.0475. The van der Waals surface area contributed by atoms with Gasteiger partial charge in [0.25, 0.3) is 0 Å². The molecule has 1 rings (SSSR count). The molecular formula is C4H10ClN3O. The number of rotatable bonds is 1. The summed E-state index contributed by atoms with van der Waals surface area (Å²) in [4.78, 5) is 4.63. The second-order valence-electron chi connectivity index (χ2n) is 1.64. The van der Waals surface area contributed by atoms with E-state index in [1.165, 1.54) is 6.26 Å². The van der Waals surface area contributed by atoms with Crippen molar-refractivity contribution in [3.05, 3.63) is 12.5 Å². The van der Waals surface area contributed by atoms with E-state index in [-0.39, 0.29) is 18.6 Å². The highest BCUT2D eigenvalue weighted by Gasteiger charge is 2.06. The Labute approximate surface area is 60.0 Å². The van der Waals surface area contributed by atoms with Gasteiger partial charge in [-0.15, -0.1) is 12.4 Å². The van der Waals surface area contributed by atoms with Gasteiger partial charge in [-0.2, -0.15) is 0 Å². The van der Waals surface area contributed by atoms with E-state index in [4.69, 9.17) is 5.73 Å². The van der Waals surface area contributed by atoms with Gasteiger partial charge in [0, 0.05) is 0 Å². The summed E-state index contributed by atoms with van der Waals surface area (Å²) in [5.41, 5.74) is 7.98. The van der Waals surface area contributed by atoms with Gasteiger partial charge in [0.1, 0.15) is 6.26 Å². The van der Waals surface area contributed by atoms with Crippen molar-refractivity contribution in [3.63, 3.8) is 0 Å². The molecule has 0 fully saturated rings. The van der Waals surface area contributed by atoms with Crippen LogP contribution in [0.2, 0.25) is 0 Å². The van der Waals surface area contributed by atoms with Crippen molar-refractivity contribution in [2.75, 3.05) is 0 Å². The lowest BCUT2D eigenvalue weighted by Crippen LogP contribution is -2.41. The fraction of sp³-hybridized carbons (Fsp3) is 0.500. The predicted octanol–water partition coefficient (Wildman–Crippen LogP) is -0.0641. The molecule has 54 valence electrons. The number of hydrogen-bond donors (Lipinski definition) is 2. The molecule has 0 aliphatic carbocycles. The van der Waals surface area contributed by atoms with E-state index in [0.717, 1.165) is 0 Å².